The highest BCUT2D eigenvalue weighted by Crippen LogP contribution is 2.36. The first-order valence-corrected chi connectivity index (χ1v) is 15.7. The predicted molar refractivity (Wildman–Crippen MR) is 175 cm³/mol. The molecular weight excluding hydrogens is 647 g/mol. The van der Waals surface area contributed by atoms with Gasteiger partial charge < -0.3 is 20.1 Å². The number of rotatable bonds is 8. The number of halogens is 2. The lowest BCUT2D eigenvalue weighted by Crippen LogP contribution is -2.32. The number of hydrogen-bond acceptors (Lipinski definition) is 11. The number of methoxy groups -OCH3 is 1. The molecule has 0 saturated carbocycles. The third kappa shape index (κ3) is 8.48. The second-order valence-electron chi connectivity index (χ2n) is 10.7. The Morgan fingerprint density at radius 3 is 2.66 bits per heavy atom. The highest BCUT2D eigenvalue weighted by Gasteiger charge is 2.25. The molecule has 2 bridgehead atoms. The molecule has 4 aromatic rings. The highest BCUT2D eigenvalue weighted by atomic mass is 35.5. The van der Waals surface area contributed by atoms with E-state index in [0.717, 1.165) is 0 Å². The molecule has 0 radical (unpaired) electrons. The average Bonchev–Trinajstić information content (AvgIpc) is 3.60. The molecule has 15 heteroatoms. The van der Waals surface area contributed by atoms with Crippen LogP contribution >= 0.6 is 23.2 Å². The number of nitrogens with zero attached hydrogens (tertiary/aromatic N) is 6. The molecule has 1 aliphatic heterocycles. The van der Waals surface area contributed by atoms with E-state index in [1.54, 1.807) is 55.5 Å². The Bertz CT molecular complexity index is 1780. The molecule has 2 N–H and O–H groups in total. The van der Waals surface area contributed by atoms with Crippen molar-refractivity contribution >= 4 is 52.8 Å². The van der Waals surface area contributed by atoms with Gasteiger partial charge in [0.2, 0.25) is 5.91 Å². The number of benzene rings is 2. The first kappa shape index (κ1) is 33.5. The molecule has 5 rings (SSSR count). The van der Waals surface area contributed by atoms with Crippen molar-refractivity contribution in [2.24, 2.45) is 0 Å². The zero-order valence-corrected chi connectivity index (χ0v) is 27.2. The SMILES string of the molecule is CCOC(=O)[C@@H]1CCCCC(NC(=O)/C=C/c2cc(Cl)ccc2-n2cnnn2)c2cc(c(Cl)nn2)-c2ccc(CC(=O)OC)cc2N1. The van der Waals surface area contributed by atoms with E-state index in [9.17, 15) is 14.4 Å². The quantitative estimate of drug-likeness (QED) is 0.192. The van der Waals surface area contributed by atoms with E-state index in [1.807, 2.05) is 0 Å². The fraction of sp³-hybridized carbons (Fsp3) is 0.312. The summed E-state index contributed by atoms with van der Waals surface area (Å²) in [7, 11) is 1.32. The van der Waals surface area contributed by atoms with Crippen LogP contribution in [0.2, 0.25) is 10.2 Å². The number of nitrogens with one attached hydrogen (secondary N) is 2. The number of esters is 2. The molecule has 47 heavy (non-hydrogen) atoms. The van der Waals surface area contributed by atoms with Gasteiger partial charge in [0.25, 0.3) is 0 Å². The maximum Gasteiger partial charge on any atom is 0.328 e. The van der Waals surface area contributed by atoms with Gasteiger partial charge in [0, 0.05) is 33.5 Å². The molecule has 3 heterocycles. The van der Waals surface area contributed by atoms with Crippen molar-refractivity contribution in [3.63, 3.8) is 0 Å². The van der Waals surface area contributed by atoms with Gasteiger partial charge in [0.1, 0.15) is 12.4 Å². The summed E-state index contributed by atoms with van der Waals surface area (Å²) in [5, 5.41) is 26.8. The van der Waals surface area contributed by atoms with Crippen molar-refractivity contribution in [1.29, 1.82) is 0 Å². The van der Waals surface area contributed by atoms with Gasteiger partial charge in [-0.05, 0) is 72.2 Å². The summed E-state index contributed by atoms with van der Waals surface area (Å²) in [6.45, 7) is 1.98. The normalized spacial score (nSPS) is 16.3. The van der Waals surface area contributed by atoms with Crippen LogP contribution in [-0.4, -0.2) is 68.0 Å². The van der Waals surface area contributed by atoms with Crippen LogP contribution in [0, 0.1) is 0 Å². The summed E-state index contributed by atoms with van der Waals surface area (Å²) in [6, 6.07) is 11.1. The number of hydrogen-bond donors (Lipinski definition) is 2. The number of aromatic nitrogens is 6. The number of carbonyl (C=O) groups is 3. The van der Waals surface area contributed by atoms with Crippen molar-refractivity contribution in [3.05, 3.63) is 81.9 Å². The van der Waals surface area contributed by atoms with Crippen LogP contribution in [0.25, 0.3) is 22.9 Å². The molecule has 0 saturated heterocycles. The van der Waals surface area contributed by atoms with Gasteiger partial charge in [-0.1, -0.05) is 48.2 Å². The third-order valence-corrected chi connectivity index (χ3v) is 8.04. The number of tetrazole rings is 1. The minimum absolute atomic E-state index is 0.0388. The minimum atomic E-state index is -0.669. The Hall–Kier alpha value is -4.88. The maximum absolute atomic E-state index is 13.3. The molecule has 2 atom stereocenters. The number of anilines is 1. The van der Waals surface area contributed by atoms with Crippen molar-refractivity contribution in [2.75, 3.05) is 19.0 Å². The Kier molecular flexibility index (Phi) is 11.1. The van der Waals surface area contributed by atoms with Crippen LogP contribution in [0.1, 0.15) is 55.5 Å². The van der Waals surface area contributed by atoms with Gasteiger partial charge in [-0.15, -0.1) is 10.2 Å². The van der Waals surface area contributed by atoms with E-state index in [2.05, 4.69) is 36.4 Å². The van der Waals surface area contributed by atoms with Gasteiger partial charge in [-0.3, -0.25) is 9.59 Å². The standard InChI is InChI=1S/C32H32Cl2N8O5/c1-3-47-32(45)25-7-5-4-6-24(37-29(43)13-9-20-16-21(33)10-12-28(20)42-18-35-40-41-42)27-17-23(31(34)39-38-27)22-11-8-19(14-26(22)36-25)15-30(44)46-2/h8-14,16-18,24-25,36H,3-7,15H2,1-2H3,(H,37,43)/b13-9+/t24?,25-/m0/s1. The van der Waals surface area contributed by atoms with Crippen LogP contribution in [-0.2, 0) is 30.3 Å². The van der Waals surface area contributed by atoms with Gasteiger partial charge in [0.15, 0.2) is 5.15 Å². The van der Waals surface area contributed by atoms with Crippen molar-refractivity contribution in [3.8, 4) is 16.8 Å². The second kappa shape index (κ2) is 15.6. The molecule has 244 valence electrons. The van der Waals surface area contributed by atoms with E-state index >= 15 is 0 Å². The summed E-state index contributed by atoms with van der Waals surface area (Å²) >= 11 is 12.8. The fourth-order valence-corrected chi connectivity index (χ4v) is 5.62. The Morgan fingerprint density at radius 1 is 1.06 bits per heavy atom. The molecule has 2 aromatic carbocycles. The lowest BCUT2D eigenvalue weighted by atomic mass is 9.96. The zero-order valence-electron chi connectivity index (χ0n) is 25.7. The largest absolute Gasteiger partial charge is 0.469 e. The van der Waals surface area contributed by atoms with E-state index in [0.29, 0.717) is 70.0 Å². The van der Waals surface area contributed by atoms with E-state index in [4.69, 9.17) is 32.7 Å². The first-order chi connectivity index (χ1) is 22.7. The minimum Gasteiger partial charge on any atom is -0.469 e. The zero-order chi connectivity index (χ0) is 33.3. The highest BCUT2D eigenvalue weighted by molar-refractivity contribution is 6.32. The number of carbonyl (C=O) groups excluding carboxylic acids is 3. The molecule has 0 spiro atoms. The lowest BCUT2D eigenvalue weighted by Gasteiger charge is -2.24. The van der Waals surface area contributed by atoms with Crippen LogP contribution in [0.15, 0.2) is 54.9 Å². The molecule has 13 nitrogen and oxygen atoms in total. The molecule has 1 unspecified atom stereocenters. The number of ether oxygens (including phenoxy) is 2. The molecule has 0 fully saturated rings. The van der Waals surface area contributed by atoms with Gasteiger partial charge in [-0.25, -0.2) is 4.79 Å². The molecule has 1 aliphatic rings. The molecule has 1 amide bonds. The Labute approximate surface area is 280 Å². The summed E-state index contributed by atoms with van der Waals surface area (Å²) in [4.78, 5) is 38.3. The summed E-state index contributed by atoms with van der Waals surface area (Å²) in [6.07, 6.45) is 6.79. The van der Waals surface area contributed by atoms with Crippen LogP contribution in [0.4, 0.5) is 5.69 Å². The third-order valence-electron chi connectivity index (χ3n) is 7.53. The Balaban J connectivity index is 1.48. The van der Waals surface area contributed by atoms with Crippen molar-refractivity contribution in [2.45, 2.75) is 51.1 Å². The average molecular weight is 680 g/mol. The van der Waals surface area contributed by atoms with Crippen molar-refractivity contribution < 1.29 is 23.9 Å². The lowest BCUT2D eigenvalue weighted by molar-refractivity contribution is -0.144. The van der Waals surface area contributed by atoms with E-state index < -0.39 is 24.0 Å². The smallest absolute Gasteiger partial charge is 0.328 e. The fourth-order valence-electron chi connectivity index (χ4n) is 5.24. The van der Waals surface area contributed by atoms with Gasteiger partial charge in [-0.2, -0.15) is 9.78 Å². The van der Waals surface area contributed by atoms with E-state index in [1.165, 1.54) is 24.2 Å². The monoisotopic (exact) mass is 678 g/mol. The van der Waals surface area contributed by atoms with Gasteiger partial charge >= 0.3 is 11.9 Å². The van der Waals surface area contributed by atoms with E-state index in [-0.39, 0.29) is 24.1 Å². The number of amides is 1. The van der Waals surface area contributed by atoms with Crippen LogP contribution in [0.5, 0.6) is 0 Å². The number of fused-ring (bicyclic) bond motifs is 4. The van der Waals surface area contributed by atoms with Crippen LogP contribution < -0.4 is 10.6 Å². The predicted octanol–water partition coefficient (Wildman–Crippen LogP) is 4.93. The topological polar surface area (TPSA) is 163 Å². The Morgan fingerprint density at radius 2 is 1.89 bits per heavy atom. The summed E-state index contributed by atoms with van der Waals surface area (Å²) in [5.74, 6) is -1.17. The summed E-state index contributed by atoms with van der Waals surface area (Å²) < 4.78 is 11.7. The summed E-state index contributed by atoms with van der Waals surface area (Å²) in [5.41, 5.74) is 4.19. The first-order valence-electron chi connectivity index (χ1n) is 14.9. The van der Waals surface area contributed by atoms with Crippen molar-refractivity contribution in [1.82, 2.24) is 35.7 Å². The molecular formula is C32H32Cl2N8O5. The van der Waals surface area contributed by atoms with Gasteiger partial charge in [0.05, 0.1) is 37.6 Å². The molecule has 0 aliphatic carbocycles. The maximum atomic E-state index is 13.3. The van der Waals surface area contributed by atoms with Crippen LogP contribution in [0.3, 0.4) is 0 Å². The molecule has 2 aromatic heterocycles. The second-order valence-corrected chi connectivity index (χ2v) is 11.5.